The third-order valence-electron chi connectivity index (χ3n) is 5.78. The van der Waals surface area contributed by atoms with Crippen molar-refractivity contribution in [1.82, 2.24) is 19.9 Å². The molecule has 0 spiro atoms. The summed E-state index contributed by atoms with van der Waals surface area (Å²) in [5.41, 5.74) is 2.17. The van der Waals surface area contributed by atoms with E-state index in [1.165, 1.54) is 38.4 Å². The van der Waals surface area contributed by atoms with E-state index in [4.69, 9.17) is 0 Å². The molecule has 6 nitrogen and oxygen atoms in total. The fraction of sp³-hybridized carbons (Fsp3) is 0.667. The van der Waals surface area contributed by atoms with Gasteiger partial charge in [-0.2, -0.15) is 0 Å². The molecule has 0 amide bonds. The lowest BCUT2D eigenvalue weighted by atomic mass is 9.82. The molecule has 0 bridgehead atoms. The Morgan fingerprint density at radius 2 is 2.04 bits per heavy atom. The van der Waals surface area contributed by atoms with Gasteiger partial charge in [-0.25, -0.2) is 4.98 Å². The Kier molecular flexibility index (Phi) is 4.41. The topological polar surface area (TPSA) is 85.0 Å². The maximum absolute atomic E-state index is 11.8. The molecule has 2 aromatic heterocycles. The van der Waals surface area contributed by atoms with E-state index in [0.717, 1.165) is 36.5 Å². The van der Waals surface area contributed by atoms with Crippen LogP contribution in [0.25, 0.3) is 11.0 Å². The molecule has 1 saturated carbocycles. The van der Waals surface area contributed by atoms with E-state index in [1.54, 1.807) is 0 Å². The van der Waals surface area contributed by atoms with Crippen molar-refractivity contribution in [1.29, 1.82) is 0 Å². The molecule has 3 N–H and O–H groups in total. The summed E-state index contributed by atoms with van der Waals surface area (Å²) in [6.45, 7) is 2.38. The largest absolute Gasteiger partial charge is 0.391 e. The van der Waals surface area contributed by atoms with Crippen LogP contribution in [0.4, 0.5) is 0 Å². The smallest absolute Gasteiger partial charge is 0.275 e. The molecular formula is C18H26N4O2. The van der Waals surface area contributed by atoms with E-state index < -0.39 is 0 Å². The monoisotopic (exact) mass is 330 g/mol. The summed E-state index contributed by atoms with van der Waals surface area (Å²) in [6.07, 6.45) is 11.0. The number of β-amino-alcohol motifs (C(OH)–C–C–N with tert-alkyl or cyclic N) is 1. The molecule has 4 rings (SSSR count). The minimum atomic E-state index is -0.228. The predicted molar refractivity (Wildman–Crippen MR) is 92.7 cm³/mol. The van der Waals surface area contributed by atoms with Gasteiger partial charge in [-0.15, -0.1) is 0 Å². The number of nitrogens with one attached hydrogen (secondary N) is 2. The first-order chi connectivity index (χ1) is 11.7. The fourth-order valence-electron chi connectivity index (χ4n) is 4.52. The summed E-state index contributed by atoms with van der Waals surface area (Å²) in [5.74, 6) is 1.18. The van der Waals surface area contributed by atoms with Crippen LogP contribution < -0.4 is 5.56 Å². The molecule has 24 heavy (non-hydrogen) atoms. The highest BCUT2D eigenvalue weighted by atomic mass is 16.3. The maximum atomic E-state index is 11.8. The highest BCUT2D eigenvalue weighted by Crippen LogP contribution is 2.33. The number of fused-ring (bicyclic) bond motifs is 1. The van der Waals surface area contributed by atoms with Crippen molar-refractivity contribution < 1.29 is 5.11 Å². The van der Waals surface area contributed by atoms with Crippen molar-refractivity contribution in [2.75, 3.05) is 13.1 Å². The van der Waals surface area contributed by atoms with Crippen molar-refractivity contribution in [3.05, 3.63) is 28.4 Å². The quantitative estimate of drug-likeness (QED) is 0.800. The van der Waals surface area contributed by atoms with Crippen molar-refractivity contribution in [3.63, 3.8) is 0 Å². The summed E-state index contributed by atoms with van der Waals surface area (Å²) in [4.78, 5) is 24.0. The number of aromatic amines is 2. The van der Waals surface area contributed by atoms with E-state index in [0.29, 0.717) is 18.0 Å². The fourth-order valence-corrected chi connectivity index (χ4v) is 4.52. The SMILES string of the molecule is O=c1[nH]cnc2c(CN3C[C@@H](CC4CCCCC4)[C@H](O)C3)c[nH]c12. The minimum Gasteiger partial charge on any atom is -0.391 e. The second-order valence-corrected chi connectivity index (χ2v) is 7.53. The molecule has 2 aromatic rings. The van der Waals surface area contributed by atoms with E-state index >= 15 is 0 Å². The molecule has 6 heteroatoms. The van der Waals surface area contributed by atoms with Crippen LogP contribution in [-0.2, 0) is 6.54 Å². The Morgan fingerprint density at radius 1 is 1.21 bits per heavy atom. The highest BCUT2D eigenvalue weighted by molar-refractivity contribution is 5.77. The van der Waals surface area contributed by atoms with Gasteiger partial charge in [-0.1, -0.05) is 32.1 Å². The van der Waals surface area contributed by atoms with Crippen LogP contribution in [0.5, 0.6) is 0 Å². The van der Waals surface area contributed by atoms with Gasteiger partial charge in [-0.3, -0.25) is 9.69 Å². The summed E-state index contributed by atoms with van der Waals surface area (Å²) in [5, 5.41) is 10.5. The number of aliphatic hydroxyl groups excluding tert-OH is 1. The Balaban J connectivity index is 1.42. The molecule has 1 saturated heterocycles. The number of aliphatic hydroxyl groups is 1. The number of rotatable bonds is 4. The molecule has 2 fully saturated rings. The Labute approximate surface area is 141 Å². The molecule has 1 aliphatic heterocycles. The van der Waals surface area contributed by atoms with Gasteiger partial charge in [0, 0.05) is 31.4 Å². The zero-order chi connectivity index (χ0) is 16.5. The summed E-state index contributed by atoms with van der Waals surface area (Å²) < 4.78 is 0. The molecule has 2 aliphatic rings. The van der Waals surface area contributed by atoms with Crippen LogP contribution in [0.15, 0.2) is 17.3 Å². The third kappa shape index (κ3) is 3.13. The maximum Gasteiger partial charge on any atom is 0.275 e. The molecule has 0 aromatic carbocycles. The first-order valence-electron chi connectivity index (χ1n) is 9.15. The lowest BCUT2D eigenvalue weighted by Crippen LogP contribution is -2.22. The van der Waals surface area contributed by atoms with Gasteiger partial charge in [0.15, 0.2) is 0 Å². The van der Waals surface area contributed by atoms with Gasteiger partial charge in [0.25, 0.3) is 5.56 Å². The Hall–Kier alpha value is -1.66. The number of hydrogen-bond donors (Lipinski definition) is 3. The second kappa shape index (κ2) is 6.69. The van der Waals surface area contributed by atoms with E-state index in [-0.39, 0.29) is 11.7 Å². The average Bonchev–Trinajstić information content (AvgIpc) is 3.14. The first-order valence-corrected chi connectivity index (χ1v) is 9.15. The van der Waals surface area contributed by atoms with Crippen molar-refractivity contribution >= 4 is 11.0 Å². The molecule has 3 heterocycles. The molecule has 2 atom stereocenters. The van der Waals surface area contributed by atoms with Gasteiger partial charge in [0.05, 0.1) is 17.9 Å². The zero-order valence-electron chi connectivity index (χ0n) is 14.0. The van der Waals surface area contributed by atoms with Crippen LogP contribution in [0.2, 0.25) is 0 Å². The lowest BCUT2D eigenvalue weighted by Gasteiger charge is -2.25. The average molecular weight is 330 g/mol. The second-order valence-electron chi connectivity index (χ2n) is 7.53. The van der Waals surface area contributed by atoms with Gasteiger partial charge >= 0.3 is 0 Å². The van der Waals surface area contributed by atoms with Crippen LogP contribution in [-0.4, -0.2) is 44.2 Å². The number of hydrogen-bond acceptors (Lipinski definition) is 4. The van der Waals surface area contributed by atoms with Gasteiger partial charge in [0.1, 0.15) is 5.52 Å². The Bertz CT molecular complexity index is 747. The van der Waals surface area contributed by atoms with Gasteiger partial charge < -0.3 is 15.1 Å². The number of H-pyrrole nitrogens is 2. The van der Waals surface area contributed by atoms with E-state index in [2.05, 4.69) is 19.9 Å². The summed E-state index contributed by atoms with van der Waals surface area (Å²) in [6, 6.07) is 0. The molecular weight excluding hydrogens is 304 g/mol. The molecule has 0 radical (unpaired) electrons. The minimum absolute atomic E-state index is 0.136. The molecule has 1 aliphatic carbocycles. The number of aromatic nitrogens is 3. The highest BCUT2D eigenvalue weighted by Gasteiger charge is 2.33. The van der Waals surface area contributed by atoms with Crippen LogP contribution in [0.3, 0.4) is 0 Å². The molecule has 130 valence electrons. The van der Waals surface area contributed by atoms with Crippen molar-refractivity contribution in [2.24, 2.45) is 11.8 Å². The van der Waals surface area contributed by atoms with Crippen LogP contribution in [0.1, 0.15) is 44.1 Å². The first kappa shape index (κ1) is 15.8. The number of nitrogens with zero attached hydrogens (tertiary/aromatic N) is 2. The van der Waals surface area contributed by atoms with Gasteiger partial charge in [-0.05, 0) is 18.3 Å². The predicted octanol–water partition coefficient (Wildman–Crippen LogP) is 2.01. The zero-order valence-corrected chi connectivity index (χ0v) is 14.0. The lowest BCUT2D eigenvalue weighted by molar-refractivity contribution is 0.123. The normalized spacial score (nSPS) is 26.4. The summed E-state index contributed by atoms with van der Waals surface area (Å²) >= 11 is 0. The van der Waals surface area contributed by atoms with E-state index in [1.807, 2.05) is 6.20 Å². The van der Waals surface area contributed by atoms with E-state index in [9.17, 15) is 9.90 Å². The van der Waals surface area contributed by atoms with Crippen molar-refractivity contribution in [3.8, 4) is 0 Å². The van der Waals surface area contributed by atoms with Crippen LogP contribution >= 0.6 is 0 Å². The standard InChI is InChI=1S/C18H26N4O2/c23-15-10-22(8-13(15)6-12-4-2-1-3-5-12)9-14-7-19-17-16(14)20-11-21-18(17)24/h7,11-13,15,19,23H,1-6,8-10H2,(H,20,21,24)/t13-,15-/m1/s1. The molecule has 0 unspecified atom stereocenters. The Morgan fingerprint density at radius 3 is 2.88 bits per heavy atom. The third-order valence-corrected chi connectivity index (χ3v) is 5.78. The van der Waals surface area contributed by atoms with Crippen LogP contribution in [0, 0.1) is 11.8 Å². The summed E-state index contributed by atoms with van der Waals surface area (Å²) in [7, 11) is 0. The van der Waals surface area contributed by atoms with Gasteiger partial charge in [0.2, 0.25) is 0 Å². The van der Waals surface area contributed by atoms with Crippen molar-refractivity contribution in [2.45, 2.75) is 51.2 Å². The number of likely N-dealkylation sites (tertiary alicyclic amines) is 1.